The van der Waals surface area contributed by atoms with Crippen LogP contribution in [0.5, 0.6) is 5.75 Å². The number of H-pyrrole nitrogens is 1. The van der Waals surface area contributed by atoms with Gasteiger partial charge in [-0.3, -0.25) is 14.6 Å². The molecule has 2 fully saturated rings. The quantitative estimate of drug-likeness (QED) is 0.852. The number of methoxy groups -OCH3 is 1. The van der Waals surface area contributed by atoms with E-state index in [1.165, 1.54) is 0 Å². The number of imidazole rings is 1. The minimum absolute atomic E-state index is 0.298. The highest BCUT2D eigenvalue weighted by molar-refractivity contribution is 5.78. The van der Waals surface area contributed by atoms with Crippen LogP contribution in [-0.4, -0.2) is 83.5 Å². The topological polar surface area (TPSA) is 64.7 Å². The van der Waals surface area contributed by atoms with E-state index < -0.39 is 0 Å². The number of fused-ring (bicyclic) bond motifs is 1. The van der Waals surface area contributed by atoms with Crippen molar-refractivity contribution >= 4 is 16.9 Å². The number of piperazine rings is 1. The number of carbonyl (C=O) groups excluding carboxylic acids is 1. The maximum absolute atomic E-state index is 12.5. The molecule has 0 spiro atoms. The Balaban J connectivity index is 1.25. The SMILES string of the molecule is COc1ccc2nc(CN3CCN(CC(=O)N4CCC(C)CC4)CC3)[nH]c2c1. The van der Waals surface area contributed by atoms with Crippen LogP contribution in [0.3, 0.4) is 0 Å². The number of aromatic amines is 1. The van der Waals surface area contributed by atoms with E-state index >= 15 is 0 Å². The van der Waals surface area contributed by atoms with Crippen molar-refractivity contribution in [2.24, 2.45) is 5.92 Å². The lowest BCUT2D eigenvalue weighted by molar-refractivity contribution is -0.134. The fourth-order valence-corrected chi connectivity index (χ4v) is 4.11. The van der Waals surface area contributed by atoms with Crippen LogP contribution in [0.2, 0.25) is 0 Å². The predicted octanol–water partition coefficient (Wildman–Crippen LogP) is 1.95. The molecular weight excluding hydrogens is 354 g/mol. The molecule has 2 aromatic rings. The van der Waals surface area contributed by atoms with E-state index in [0.717, 1.165) is 87.2 Å². The van der Waals surface area contributed by atoms with Crippen LogP contribution >= 0.6 is 0 Å². The highest BCUT2D eigenvalue weighted by Crippen LogP contribution is 2.20. The highest BCUT2D eigenvalue weighted by atomic mass is 16.5. The number of nitrogens with zero attached hydrogens (tertiary/aromatic N) is 4. The molecule has 2 aliphatic rings. The molecule has 7 nitrogen and oxygen atoms in total. The lowest BCUT2D eigenvalue weighted by Gasteiger charge is -2.36. The van der Waals surface area contributed by atoms with Crippen LogP contribution in [0.1, 0.15) is 25.6 Å². The standard InChI is InChI=1S/C21H31N5O2/c1-16-5-7-26(8-6-16)21(27)15-25-11-9-24(10-12-25)14-20-22-18-4-3-17(28-2)13-19(18)23-20/h3-4,13,16H,5-12,14-15H2,1-2H3,(H,22,23). The Morgan fingerprint density at radius 2 is 1.86 bits per heavy atom. The molecule has 0 saturated carbocycles. The van der Waals surface area contributed by atoms with Crippen LogP contribution in [0.25, 0.3) is 11.0 Å². The lowest BCUT2D eigenvalue weighted by Crippen LogP contribution is -2.50. The molecule has 1 aromatic carbocycles. The van der Waals surface area contributed by atoms with Crippen molar-refractivity contribution in [1.82, 2.24) is 24.7 Å². The number of likely N-dealkylation sites (tertiary alicyclic amines) is 1. The number of ether oxygens (including phenoxy) is 1. The van der Waals surface area contributed by atoms with Gasteiger partial charge in [0, 0.05) is 45.3 Å². The summed E-state index contributed by atoms with van der Waals surface area (Å²) in [6, 6.07) is 5.90. The van der Waals surface area contributed by atoms with Crippen LogP contribution in [-0.2, 0) is 11.3 Å². The normalized spacial score (nSPS) is 20.0. The van der Waals surface area contributed by atoms with Gasteiger partial charge >= 0.3 is 0 Å². The predicted molar refractivity (Wildman–Crippen MR) is 109 cm³/mol. The van der Waals surface area contributed by atoms with Crippen molar-refractivity contribution in [3.05, 3.63) is 24.0 Å². The minimum atomic E-state index is 0.298. The molecule has 1 amide bonds. The van der Waals surface area contributed by atoms with Gasteiger partial charge in [0.25, 0.3) is 0 Å². The molecule has 4 rings (SSSR count). The molecule has 0 aliphatic carbocycles. The second-order valence-electron chi connectivity index (χ2n) is 8.18. The van der Waals surface area contributed by atoms with Gasteiger partial charge in [-0.2, -0.15) is 0 Å². The van der Waals surface area contributed by atoms with E-state index in [4.69, 9.17) is 4.74 Å². The van der Waals surface area contributed by atoms with Crippen molar-refractivity contribution in [2.75, 3.05) is 52.9 Å². The third-order valence-corrected chi connectivity index (χ3v) is 6.07. The number of benzene rings is 1. The van der Waals surface area contributed by atoms with E-state index in [1.54, 1.807) is 7.11 Å². The zero-order chi connectivity index (χ0) is 19.5. The van der Waals surface area contributed by atoms with Crippen LogP contribution in [0.4, 0.5) is 0 Å². The van der Waals surface area contributed by atoms with Crippen molar-refractivity contribution in [3.63, 3.8) is 0 Å². The minimum Gasteiger partial charge on any atom is -0.497 e. The molecule has 1 aromatic heterocycles. The molecular formula is C21H31N5O2. The van der Waals surface area contributed by atoms with Crippen LogP contribution in [0, 0.1) is 5.92 Å². The molecule has 0 unspecified atom stereocenters. The molecule has 2 saturated heterocycles. The van der Waals surface area contributed by atoms with Crippen molar-refractivity contribution in [3.8, 4) is 5.75 Å². The highest BCUT2D eigenvalue weighted by Gasteiger charge is 2.24. The Hall–Kier alpha value is -2.12. The van der Waals surface area contributed by atoms with Gasteiger partial charge in [-0.05, 0) is 30.9 Å². The lowest BCUT2D eigenvalue weighted by atomic mass is 9.99. The summed E-state index contributed by atoms with van der Waals surface area (Å²) in [5.74, 6) is 2.87. The van der Waals surface area contributed by atoms with E-state index in [1.807, 2.05) is 18.2 Å². The molecule has 0 atom stereocenters. The van der Waals surface area contributed by atoms with Crippen molar-refractivity contribution in [1.29, 1.82) is 0 Å². The first-order valence-corrected chi connectivity index (χ1v) is 10.4. The first-order chi connectivity index (χ1) is 13.6. The number of aromatic nitrogens is 2. The van der Waals surface area contributed by atoms with Crippen LogP contribution in [0.15, 0.2) is 18.2 Å². The zero-order valence-electron chi connectivity index (χ0n) is 17.0. The van der Waals surface area contributed by atoms with Gasteiger partial charge < -0.3 is 14.6 Å². The second-order valence-corrected chi connectivity index (χ2v) is 8.18. The number of piperidine rings is 1. The Morgan fingerprint density at radius 3 is 2.57 bits per heavy atom. The fraction of sp³-hybridized carbons (Fsp3) is 0.619. The van der Waals surface area contributed by atoms with Crippen LogP contribution < -0.4 is 4.74 Å². The van der Waals surface area contributed by atoms with E-state index in [-0.39, 0.29) is 0 Å². The summed E-state index contributed by atoms with van der Waals surface area (Å²) in [7, 11) is 1.68. The fourth-order valence-electron chi connectivity index (χ4n) is 4.11. The smallest absolute Gasteiger partial charge is 0.236 e. The van der Waals surface area contributed by atoms with E-state index in [0.29, 0.717) is 12.5 Å². The third kappa shape index (κ3) is 4.47. The van der Waals surface area contributed by atoms with Gasteiger partial charge in [0.15, 0.2) is 0 Å². The van der Waals surface area contributed by atoms with Gasteiger partial charge in [-0.15, -0.1) is 0 Å². The summed E-state index contributed by atoms with van der Waals surface area (Å²) in [4.78, 5) is 27.4. The number of amides is 1. The second kappa shape index (κ2) is 8.49. The van der Waals surface area contributed by atoms with Gasteiger partial charge in [0.2, 0.25) is 5.91 Å². The van der Waals surface area contributed by atoms with E-state index in [2.05, 4.69) is 31.6 Å². The molecule has 2 aliphatic heterocycles. The van der Waals surface area contributed by atoms with Crippen molar-refractivity contribution < 1.29 is 9.53 Å². The summed E-state index contributed by atoms with van der Waals surface area (Å²) in [6.07, 6.45) is 2.28. The largest absolute Gasteiger partial charge is 0.497 e. The number of rotatable bonds is 5. The summed E-state index contributed by atoms with van der Waals surface area (Å²) >= 11 is 0. The number of carbonyl (C=O) groups is 1. The number of hydrogen-bond acceptors (Lipinski definition) is 5. The first-order valence-electron chi connectivity index (χ1n) is 10.4. The Bertz CT molecular complexity index is 804. The van der Waals surface area contributed by atoms with Crippen molar-refractivity contribution in [2.45, 2.75) is 26.3 Å². The van der Waals surface area contributed by atoms with E-state index in [9.17, 15) is 4.79 Å². The molecule has 152 valence electrons. The van der Waals surface area contributed by atoms with Gasteiger partial charge in [0.05, 0.1) is 31.2 Å². The average Bonchev–Trinajstić information content (AvgIpc) is 3.11. The zero-order valence-corrected chi connectivity index (χ0v) is 17.0. The van der Waals surface area contributed by atoms with Gasteiger partial charge in [0.1, 0.15) is 11.6 Å². The molecule has 0 bridgehead atoms. The Morgan fingerprint density at radius 1 is 1.14 bits per heavy atom. The monoisotopic (exact) mass is 385 g/mol. The summed E-state index contributed by atoms with van der Waals surface area (Å²) in [5.41, 5.74) is 1.98. The summed E-state index contributed by atoms with van der Waals surface area (Å²) in [5, 5.41) is 0. The summed E-state index contributed by atoms with van der Waals surface area (Å²) in [6.45, 7) is 9.30. The average molecular weight is 386 g/mol. The molecule has 3 heterocycles. The molecule has 0 radical (unpaired) electrons. The van der Waals surface area contributed by atoms with Gasteiger partial charge in [-0.1, -0.05) is 6.92 Å². The number of nitrogens with one attached hydrogen (secondary N) is 1. The number of hydrogen-bond donors (Lipinski definition) is 1. The Labute approximate surface area is 166 Å². The molecule has 1 N–H and O–H groups in total. The molecule has 7 heteroatoms. The Kier molecular flexibility index (Phi) is 5.82. The van der Waals surface area contributed by atoms with Gasteiger partial charge in [-0.25, -0.2) is 4.98 Å². The maximum atomic E-state index is 12.5. The summed E-state index contributed by atoms with van der Waals surface area (Å²) < 4.78 is 5.28. The first kappa shape index (κ1) is 19.2. The molecule has 28 heavy (non-hydrogen) atoms. The third-order valence-electron chi connectivity index (χ3n) is 6.07. The maximum Gasteiger partial charge on any atom is 0.236 e.